The fourth-order valence-corrected chi connectivity index (χ4v) is 2.93. The zero-order valence-corrected chi connectivity index (χ0v) is 10.6. The number of nitrogens with one attached hydrogen (secondary N) is 1. The van der Waals surface area contributed by atoms with E-state index in [1.165, 1.54) is 38.8 Å². The Morgan fingerprint density at radius 1 is 1.19 bits per heavy atom. The van der Waals surface area contributed by atoms with Gasteiger partial charge in [0.1, 0.15) is 0 Å². The van der Waals surface area contributed by atoms with Crippen LogP contribution in [0.25, 0.3) is 0 Å². The van der Waals surface area contributed by atoms with Crippen molar-refractivity contribution < 1.29 is 0 Å². The maximum atomic E-state index is 4.28. The highest BCUT2D eigenvalue weighted by atomic mass is 15.3. The molecule has 1 N–H and O–H groups in total. The van der Waals surface area contributed by atoms with Crippen molar-refractivity contribution in [1.82, 2.24) is 15.1 Å². The standard InChI is InChI=1S/C12H24N4/c1-13-12(14-2)16-9-6-11(10-16)15-7-4-3-5-8-15/h11H,3-10H2,1-2H3,(H,13,14). The molecule has 2 saturated heterocycles. The first-order valence-electron chi connectivity index (χ1n) is 6.48. The molecule has 4 nitrogen and oxygen atoms in total. The summed E-state index contributed by atoms with van der Waals surface area (Å²) in [7, 11) is 3.82. The molecule has 0 aromatic rings. The Morgan fingerprint density at radius 3 is 2.56 bits per heavy atom. The van der Waals surface area contributed by atoms with Crippen LogP contribution in [0.5, 0.6) is 0 Å². The van der Waals surface area contributed by atoms with Gasteiger partial charge in [-0.25, -0.2) is 0 Å². The molecule has 0 bridgehead atoms. The molecule has 0 amide bonds. The topological polar surface area (TPSA) is 30.9 Å². The lowest BCUT2D eigenvalue weighted by molar-refractivity contribution is 0.168. The molecule has 0 spiro atoms. The van der Waals surface area contributed by atoms with E-state index in [0.29, 0.717) is 0 Å². The number of likely N-dealkylation sites (tertiary alicyclic amines) is 2. The molecule has 0 aromatic carbocycles. The van der Waals surface area contributed by atoms with Crippen molar-refractivity contribution in [3.63, 3.8) is 0 Å². The van der Waals surface area contributed by atoms with Gasteiger partial charge in [-0.2, -0.15) is 0 Å². The van der Waals surface area contributed by atoms with E-state index in [9.17, 15) is 0 Å². The highest BCUT2D eigenvalue weighted by Crippen LogP contribution is 2.19. The van der Waals surface area contributed by atoms with Crippen LogP contribution >= 0.6 is 0 Å². The number of guanidine groups is 1. The third-order valence-corrected chi connectivity index (χ3v) is 3.81. The molecule has 0 aromatic heterocycles. The number of nitrogens with zero attached hydrogens (tertiary/aromatic N) is 3. The second-order valence-electron chi connectivity index (χ2n) is 4.78. The van der Waals surface area contributed by atoms with Crippen LogP contribution in [0.2, 0.25) is 0 Å². The molecule has 2 aliphatic heterocycles. The van der Waals surface area contributed by atoms with Gasteiger partial charge >= 0.3 is 0 Å². The molecule has 0 radical (unpaired) electrons. The lowest BCUT2D eigenvalue weighted by Crippen LogP contribution is -2.43. The van der Waals surface area contributed by atoms with E-state index >= 15 is 0 Å². The average molecular weight is 224 g/mol. The van der Waals surface area contributed by atoms with Gasteiger partial charge in [-0.3, -0.25) is 9.89 Å². The van der Waals surface area contributed by atoms with Crippen molar-refractivity contribution in [2.45, 2.75) is 31.7 Å². The largest absolute Gasteiger partial charge is 0.359 e. The van der Waals surface area contributed by atoms with Crippen LogP contribution in [-0.2, 0) is 0 Å². The minimum absolute atomic E-state index is 0.755. The first-order valence-corrected chi connectivity index (χ1v) is 6.48. The Bertz CT molecular complexity index is 245. The number of rotatable bonds is 1. The lowest BCUT2D eigenvalue weighted by Gasteiger charge is -2.32. The van der Waals surface area contributed by atoms with Gasteiger partial charge in [-0.15, -0.1) is 0 Å². The highest BCUT2D eigenvalue weighted by molar-refractivity contribution is 5.79. The minimum atomic E-state index is 0.755. The summed E-state index contributed by atoms with van der Waals surface area (Å²) in [5, 5.41) is 3.17. The Kier molecular flexibility index (Phi) is 4.04. The van der Waals surface area contributed by atoms with Crippen molar-refractivity contribution in [2.75, 3.05) is 40.3 Å². The first kappa shape index (κ1) is 11.7. The minimum Gasteiger partial charge on any atom is -0.359 e. The van der Waals surface area contributed by atoms with Crippen LogP contribution in [0.4, 0.5) is 0 Å². The monoisotopic (exact) mass is 224 g/mol. The molecule has 0 saturated carbocycles. The smallest absolute Gasteiger partial charge is 0.193 e. The van der Waals surface area contributed by atoms with Crippen LogP contribution in [0, 0.1) is 0 Å². The number of hydrogen-bond acceptors (Lipinski definition) is 2. The number of piperidine rings is 1. The van der Waals surface area contributed by atoms with Crippen molar-refractivity contribution in [2.24, 2.45) is 4.99 Å². The Balaban J connectivity index is 1.87. The molecule has 2 heterocycles. The summed E-state index contributed by atoms with van der Waals surface area (Å²) in [6, 6.07) is 0.755. The van der Waals surface area contributed by atoms with E-state index in [2.05, 4.69) is 20.1 Å². The molecule has 1 unspecified atom stereocenters. The van der Waals surface area contributed by atoms with E-state index in [4.69, 9.17) is 0 Å². The van der Waals surface area contributed by atoms with Crippen molar-refractivity contribution >= 4 is 5.96 Å². The zero-order chi connectivity index (χ0) is 11.4. The molecule has 2 fully saturated rings. The summed E-state index contributed by atoms with van der Waals surface area (Å²) >= 11 is 0. The van der Waals surface area contributed by atoms with Crippen LogP contribution < -0.4 is 5.32 Å². The predicted octanol–water partition coefficient (Wildman–Crippen LogP) is 0.752. The summed E-state index contributed by atoms with van der Waals surface area (Å²) in [5.74, 6) is 1.04. The predicted molar refractivity (Wildman–Crippen MR) is 67.8 cm³/mol. The number of aliphatic imine (C=N–C) groups is 1. The molecule has 0 aliphatic carbocycles. The fraction of sp³-hybridized carbons (Fsp3) is 0.917. The van der Waals surface area contributed by atoms with E-state index < -0.39 is 0 Å². The average Bonchev–Trinajstić information content (AvgIpc) is 2.81. The van der Waals surface area contributed by atoms with Gasteiger partial charge in [-0.05, 0) is 32.4 Å². The van der Waals surface area contributed by atoms with Crippen LogP contribution in [0.15, 0.2) is 4.99 Å². The van der Waals surface area contributed by atoms with Gasteiger partial charge in [-0.1, -0.05) is 6.42 Å². The maximum Gasteiger partial charge on any atom is 0.193 e. The Morgan fingerprint density at radius 2 is 1.94 bits per heavy atom. The van der Waals surface area contributed by atoms with Gasteiger partial charge in [0, 0.05) is 33.2 Å². The summed E-state index contributed by atoms with van der Waals surface area (Å²) in [4.78, 5) is 9.33. The van der Waals surface area contributed by atoms with Crippen molar-refractivity contribution in [1.29, 1.82) is 0 Å². The molecule has 2 aliphatic rings. The number of hydrogen-bond donors (Lipinski definition) is 1. The van der Waals surface area contributed by atoms with E-state index in [1.807, 2.05) is 14.1 Å². The van der Waals surface area contributed by atoms with E-state index in [0.717, 1.165) is 25.1 Å². The lowest BCUT2D eigenvalue weighted by atomic mass is 10.1. The van der Waals surface area contributed by atoms with Crippen molar-refractivity contribution in [3.05, 3.63) is 0 Å². The van der Waals surface area contributed by atoms with Gasteiger partial charge in [0.15, 0.2) is 5.96 Å². The fourth-order valence-electron chi connectivity index (χ4n) is 2.93. The summed E-state index contributed by atoms with van der Waals surface area (Å²) < 4.78 is 0. The molecule has 1 atom stereocenters. The Hall–Kier alpha value is -0.770. The normalized spacial score (nSPS) is 28.5. The third-order valence-electron chi connectivity index (χ3n) is 3.81. The summed E-state index contributed by atoms with van der Waals surface area (Å²) in [6.45, 7) is 4.90. The van der Waals surface area contributed by atoms with Gasteiger partial charge in [0.2, 0.25) is 0 Å². The van der Waals surface area contributed by atoms with E-state index in [-0.39, 0.29) is 0 Å². The van der Waals surface area contributed by atoms with E-state index in [1.54, 1.807) is 0 Å². The summed E-state index contributed by atoms with van der Waals surface area (Å²) in [5.41, 5.74) is 0. The van der Waals surface area contributed by atoms with Crippen molar-refractivity contribution in [3.8, 4) is 0 Å². The molecule has 2 rings (SSSR count). The quantitative estimate of drug-likeness (QED) is 0.527. The first-order chi connectivity index (χ1) is 7.85. The zero-order valence-electron chi connectivity index (χ0n) is 10.6. The Labute approximate surface area is 98.7 Å². The van der Waals surface area contributed by atoms with Gasteiger partial charge < -0.3 is 10.2 Å². The molecule has 16 heavy (non-hydrogen) atoms. The SMILES string of the molecule is CN=C(NC)N1CCC(N2CCCCC2)C1. The molecule has 4 heteroatoms. The summed E-state index contributed by atoms with van der Waals surface area (Å²) in [6.07, 6.45) is 5.49. The van der Waals surface area contributed by atoms with Crippen LogP contribution in [-0.4, -0.2) is 62.1 Å². The van der Waals surface area contributed by atoms with Gasteiger partial charge in [0.05, 0.1) is 0 Å². The van der Waals surface area contributed by atoms with Gasteiger partial charge in [0.25, 0.3) is 0 Å². The highest BCUT2D eigenvalue weighted by Gasteiger charge is 2.29. The van der Waals surface area contributed by atoms with Crippen LogP contribution in [0.1, 0.15) is 25.7 Å². The van der Waals surface area contributed by atoms with Crippen LogP contribution in [0.3, 0.4) is 0 Å². The molecule has 92 valence electrons. The maximum absolute atomic E-state index is 4.28. The molecular weight excluding hydrogens is 200 g/mol. The second-order valence-corrected chi connectivity index (χ2v) is 4.78. The second kappa shape index (κ2) is 5.53. The molecular formula is C12H24N4. The third kappa shape index (κ3) is 2.48.